The third kappa shape index (κ3) is 24.2. The summed E-state index contributed by atoms with van der Waals surface area (Å²) in [5.41, 5.74) is 2.58. The molecular weight excluding hydrogens is 385 g/mol. The summed E-state index contributed by atoms with van der Waals surface area (Å²) >= 11 is 0. The Kier molecular flexibility index (Phi) is 22.8. The Morgan fingerprint density at radius 1 is 0.621 bits per heavy atom. The molecule has 0 spiro atoms. The van der Waals surface area contributed by atoms with Crippen LogP contribution in [0.4, 0.5) is 0 Å². The van der Waals surface area contributed by atoms with E-state index in [-0.39, 0.29) is 6.61 Å². The van der Waals surface area contributed by atoms with E-state index in [4.69, 9.17) is 9.15 Å². The minimum absolute atomic E-state index is 0.282. The molecule has 0 radical (unpaired) electrons. The summed E-state index contributed by atoms with van der Waals surface area (Å²) in [7, 11) is -3.95. The van der Waals surface area contributed by atoms with Crippen LogP contribution in [0.15, 0.2) is 0 Å². The number of hydroxylamine groups is 1. The zero-order valence-electron chi connectivity index (χ0n) is 19.5. The molecular formula is C23H50NO4P. The normalized spacial score (nSPS) is 13.6. The first-order chi connectivity index (χ1) is 14.1. The van der Waals surface area contributed by atoms with Crippen molar-refractivity contribution in [2.24, 2.45) is 0 Å². The highest BCUT2D eigenvalue weighted by Crippen LogP contribution is 2.42. The Labute approximate surface area is 181 Å². The van der Waals surface area contributed by atoms with E-state index >= 15 is 0 Å². The van der Waals surface area contributed by atoms with Crippen molar-refractivity contribution in [2.75, 3.05) is 13.2 Å². The lowest BCUT2D eigenvalue weighted by Crippen LogP contribution is -2.15. The Morgan fingerprint density at radius 2 is 1.00 bits per heavy atom. The number of hydrogen-bond donors (Lipinski definition) is 2. The van der Waals surface area contributed by atoms with Crippen LogP contribution in [0.1, 0.15) is 136 Å². The number of rotatable bonds is 24. The molecule has 0 rings (SSSR count). The van der Waals surface area contributed by atoms with Crippen molar-refractivity contribution >= 4 is 7.82 Å². The summed E-state index contributed by atoms with van der Waals surface area (Å²) in [6, 6.07) is 0. The van der Waals surface area contributed by atoms with Gasteiger partial charge in [-0.2, -0.15) is 10.1 Å². The molecule has 0 aliphatic heterocycles. The van der Waals surface area contributed by atoms with Crippen molar-refractivity contribution < 1.29 is 18.6 Å². The smallest absolute Gasteiger partial charge is 0.301 e. The summed E-state index contributed by atoms with van der Waals surface area (Å²) in [4.78, 5) is 9.63. The molecule has 0 aromatic carbocycles. The zero-order valence-corrected chi connectivity index (χ0v) is 20.4. The highest BCUT2D eigenvalue weighted by atomic mass is 31.2. The SMILES string of the molecule is CCCCCCCCCCCCCCCOP(=O)(O)ONCCCCCCCC. The van der Waals surface area contributed by atoms with Crippen LogP contribution in [0.5, 0.6) is 0 Å². The number of unbranched alkanes of at least 4 members (excludes halogenated alkanes) is 17. The standard InChI is InChI=1S/C23H50NO4P/c1-3-5-7-9-11-12-13-14-15-16-17-19-21-23-27-29(25,26)28-24-22-20-18-10-8-6-4-2/h24H,3-23H2,1-2H3,(H,25,26). The van der Waals surface area contributed by atoms with Crippen LogP contribution >= 0.6 is 7.82 Å². The molecule has 0 bridgehead atoms. The molecule has 176 valence electrons. The molecule has 6 heteroatoms. The highest BCUT2D eigenvalue weighted by Gasteiger charge is 2.20. The molecule has 0 saturated heterocycles. The third-order valence-electron chi connectivity index (χ3n) is 5.31. The molecule has 0 fully saturated rings. The molecule has 0 amide bonds. The maximum Gasteiger partial charge on any atom is 0.488 e. The molecule has 29 heavy (non-hydrogen) atoms. The van der Waals surface area contributed by atoms with Crippen LogP contribution in [-0.2, 0) is 13.7 Å². The first-order valence-corrected chi connectivity index (χ1v) is 14.0. The number of phosphoric acid groups is 1. The third-order valence-corrected chi connectivity index (χ3v) is 6.18. The molecule has 1 unspecified atom stereocenters. The first kappa shape index (κ1) is 29.1. The maximum absolute atomic E-state index is 11.8. The summed E-state index contributed by atoms with van der Waals surface area (Å²) in [5.74, 6) is 0. The number of nitrogens with one attached hydrogen (secondary N) is 1. The topological polar surface area (TPSA) is 67.8 Å². The van der Waals surface area contributed by atoms with Gasteiger partial charge in [0.1, 0.15) is 0 Å². The van der Waals surface area contributed by atoms with Gasteiger partial charge in [0.2, 0.25) is 0 Å². The van der Waals surface area contributed by atoms with Crippen molar-refractivity contribution in [3.63, 3.8) is 0 Å². The van der Waals surface area contributed by atoms with E-state index in [0.29, 0.717) is 6.54 Å². The van der Waals surface area contributed by atoms with Gasteiger partial charge in [0.15, 0.2) is 0 Å². The molecule has 0 aromatic rings. The van der Waals surface area contributed by atoms with Crippen molar-refractivity contribution in [3.8, 4) is 0 Å². The van der Waals surface area contributed by atoms with Gasteiger partial charge in [0.05, 0.1) is 6.61 Å². The van der Waals surface area contributed by atoms with E-state index in [0.717, 1.165) is 25.7 Å². The van der Waals surface area contributed by atoms with Gasteiger partial charge in [0.25, 0.3) is 0 Å². The van der Waals surface area contributed by atoms with E-state index in [1.165, 1.54) is 96.3 Å². The molecule has 5 nitrogen and oxygen atoms in total. The first-order valence-electron chi connectivity index (χ1n) is 12.5. The average Bonchev–Trinajstić information content (AvgIpc) is 2.70. The van der Waals surface area contributed by atoms with Gasteiger partial charge >= 0.3 is 7.82 Å². The quantitative estimate of drug-likeness (QED) is 0.0911. The van der Waals surface area contributed by atoms with Crippen molar-refractivity contribution in [1.29, 1.82) is 0 Å². The van der Waals surface area contributed by atoms with E-state index in [1.54, 1.807) is 0 Å². The zero-order chi connectivity index (χ0) is 21.5. The molecule has 0 saturated carbocycles. The van der Waals surface area contributed by atoms with Crippen LogP contribution in [0.25, 0.3) is 0 Å². The number of hydrogen-bond acceptors (Lipinski definition) is 4. The van der Waals surface area contributed by atoms with Crippen molar-refractivity contribution in [1.82, 2.24) is 5.48 Å². The van der Waals surface area contributed by atoms with Crippen LogP contribution in [-0.4, -0.2) is 18.0 Å². The Balaban J connectivity index is 3.29. The Bertz CT molecular complexity index is 369. The second-order valence-corrected chi connectivity index (χ2v) is 9.68. The van der Waals surface area contributed by atoms with Crippen molar-refractivity contribution in [3.05, 3.63) is 0 Å². The molecule has 0 heterocycles. The highest BCUT2D eigenvalue weighted by molar-refractivity contribution is 7.47. The lowest BCUT2D eigenvalue weighted by atomic mass is 10.0. The predicted octanol–water partition coefficient (Wildman–Crippen LogP) is 8.08. The van der Waals surface area contributed by atoms with Gasteiger partial charge in [-0.3, -0.25) is 4.52 Å². The van der Waals surface area contributed by atoms with Gasteiger partial charge in [0, 0.05) is 6.54 Å². The van der Waals surface area contributed by atoms with Crippen LogP contribution in [0.3, 0.4) is 0 Å². The fourth-order valence-corrected chi connectivity index (χ4v) is 4.10. The summed E-state index contributed by atoms with van der Waals surface area (Å²) in [6.07, 6.45) is 23.6. The van der Waals surface area contributed by atoms with Gasteiger partial charge in [-0.15, -0.1) is 0 Å². The van der Waals surface area contributed by atoms with Gasteiger partial charge in [-0.05, 0) is 12.8 Å². The maximum atomic E-state index is 11.8. The van der Waals surface area contributed by atoms with Gasteiger partial charge < -0.3 is 4.89 Å². The molecule has 0 aliphatic rings. The van der Waals surface area contributed by atoms with E-state index in [1.807, 2.05) is 0 Å². The van der Waals surface area contributed by atoms with Crippen LogP contribution in [0, 0.1) is 0 Å². The second kappa shape index (κ2) is 22.7. The minimum atomic E-state index is -3.95. The average molecular weight is 436 g/mol. The number of phosphoric ester groups is 1. The Hall–Kier alpha value is 0.0700. The van der Waals surface area contributed by atoms with Gasteiger partial charge in [-0.1, -0.05) is 123 Å². The monoisotopic (exact) mass is 435 g/mol. The van der Waals surface area contributed by atoms with Gasteiger partial charge in [-0.25, -0.2) is 4.57 Å². The van der Waals surface area contributed by atoms with Crippen LogP contribution in [0.2, 0.25) is 0 Å². The lowest BCUT2D eigenvalue weighted by molar-refractivity contribution is 0.0947. The minimum Gasteiger partial charge on any atom is -0.301 e. The van der Waals surface area contributed by atoms with Crippen molar-refractivity contribution in [2.45, 2.75) is 136 Å². The van der Waals surface area contributed by atoms with Crippen LogP contribution < -0.4 is 5.48 Å². The molecule has 0 aliphatic carbocycles. The fourth-order valence-electron chi connectivity index (χ4n) is 3.43. The molecule has 1 atom stereocenters. The summed E-state index contributed by atoms with van der Waals surface area (Å²) < 4.78 is 21.6. The summed E-state index contributed by atoms with van der Waals surface area (Å²) in [6.45, 7) is 5.33. The van der Waals surface area contributed by atoms with E-state index in [2.05, 4.69) is 19.3 Å². The fraction of sp³-hybridized carbons (Fsp3) is 1.00. The molecule has 0 aromatic heterocycles. The van der Waals surface area contributed by atoms with E-state index < -0.39 is 7.82 Å². The summed E-state index contributed by atoms with van der Waals surface area (Å²) in [5, 5.41) is 0. The lowest BCUT2D eigenvalue weighted by Gasteiger charge is -2.12. The predicted molar refractivity (Wildman–Crippen MR) is 124 cm³/mol. The largest absolute Gasteiger partial charge is 0.488 e. The van der Waals surface area contributed by atoms with E-state index in [9.17, 15) is 9.46 Å². The molecule has 2 N–H and O–H groups in total. The Morgan fingerprint density at radius 3 is 1.45 bits per heavy atom. The second-order valence-electron chi connectivity index (χ2n) is 8.30.